The second kappa shape index (κ2) is 14.1. The van der Waals surface area contributed by atoms with E-state index in [1.54, 1.807) is 0 Å². The van der Waals surface area contributed by atoms with Crippen molar-refractivity contribution in [3.63, 3.8) is 0 Å². The molecule has 3 rings (SSSR count). The Labute approximate surface area is 232 Å². The molecule has 2 atom stereocenters. The van der Waals surface area contributed by atoms with Gasteiger partial charge in [-0.05, 0) is 97.2 Å². The average Bonchev–Trinajstić information content (AvgIpc) is 2.94. The standard InChI is InChI=1S/C34H39NO4/c1-7-33(36)38-22-24(3)19-28-10-15-30(16-11-28)35(32-14-9-26(5)27(6)21-32)31-17-12-29(13-18-31)20-25(4)23-39-34(37)8-2/h7-18,21,24-25H,1-2,19-20,22-23H2,3-6H3. The minimum atomic E-state index is -0.391. The summed E-state index contributed by atoms with van der Waals surface area (Å²) in [5, 5.41) is 0. The van der Waals surface area contributed by atoms with Crippen LogP contribution in [0.4, 0.5) is 17.1 Å². The van der Waals surface area contributed by atoms with Crippen molar-refractivity contribution in [3.05, 3.63) is 114 Å². The molecule has 0 radical (unpaired) electrons. The quantitative estimate of drug-likeness (QED) is 0.170. The maximum absolute atomic E-state index is 11.4. The molecular weight excluding hydrogens is 486 g/mol. The summed E-state index contributed by atoms with van der Waals surface area (Å²) in [7, 11) is 0. The molecule has 0 amide bonds. The summed E-state index contributed by atoms with van der Waals surface area (Å²) in [4.78, 5) is 25.0. The maximum atomic E-state index is 11.4. The number of anilines is 3. The Morgan fingerprint density at radius 1 is 0.692 bits per heavy atom. The molecule has 5 nitrogen and oxygen atoms in total. The third kappa shape index (κ3) is 8.71. The first kappa shape index (κ1) is 29.4. The molecule has 0 aliphatic carbocycles. The normalized spacial score (nSPS) is 12.2. The molecule has 0 N–H and O–H groups in total. The van der Waals surface area contributed by atoms with E-state index in [-0.39, 0.29) is 11.8 Å². The fourth-order valence-corrected chi connectivity index (χ4v) is 4.36. The fourth-order valence-electron chi connectivity index (χ4n) is 4.36. The van der Waals surface area contributed by atoms with Gasteiger partial charge < -0.3 is 14.4 Å². The van der Waals surface area contributed by atoms with E-state index in [4.69, 9.17) is 9.47 Å². The second-order valence-electron chi connectivity index (χ2n) is 10.2. The Balaban J connectivity index is 1.81. The minimum absolute atomic E-state index is 0.200. The van der Waals surface area contributed by atoms with Gasteiger partial charge in [0, 0.05) is 29.2 Å². The lowest BCUT2D eigenvalue weighted by Crippen LogP contribution is -2.13. The summed E-state index contributed by atoms with van der Waals surface area (Å²) in [5.41, 5.74) is 8.06. The number of hydrogen-bond acceptors (Lipinski definition) is 5. The van der Waals surface area contributed by atoms with Crippen molar-refractivity contribution in [2.75, 3.05) is 18.1 Å². The lowest BCUT2D eigenvalue weighted by Gasteiger charge is -2.27. The van der Waals surface area contributed by atoms with Gasteiger partial charge in [-0.25, -0.2) is 9.59 Å². The number of benzene rings is 3. The first-order valence-electron chi connectivity index (χ1n) is 13.3. The van der Waals surface area contributed by atoms with Gasteiger partial charge in [-0.1, -0.05) is 57.3 Å². The zero-order chi connectivity index (χ0) is 28.4. The van der Waals surface area contributed by atoms with Crippen molar-refractivity contribution in [3.8, 4) is 0 Å². The van der Waals surface area contributed by atoms with Gasteiger partial charge in [0.2, 0.25) is 0 Å². The Morgan fingerprint density at radius 2 is 1.10 bits per heavy atom. The number of esters is 2. The molecule has 0 saturated heterocycles. The van der Waals surface area contributed by atoms with Crippen LogP contribution in [0.5, 0.6) is 0 Å². The van der Waals surface area contributed by atoms with Gasteiger partial charge in [-0.15, -0.1) is 0 Å². The van der Waals surface area contributed by atoms with Gasteiger partial charge in [-0.3, -0.25) is 0 Å². The molecule has 5 heteroatoms. The van der Waals surface area contributed by atoms with Crippen molar-refractivity contribution in [2.24, 2.45) is 11.8 Å². The average molecular weight is 526 g/mol. The molecule has 0 aliphatic heterocycles. The van der Waals surface area contributed by atoms with Gasteiger partial charge >= 0.3 is 11.9 Å². The Kier molecular flexibility index (Phi) is 10.7. The van der Waals surface area contributed by atoms with Crippen LogP contribution in [-0.2, 0) is 31.9 Å². The number of nitrogens with zero attached hydrogens (tertiary/aromatic N) is 1. The molecule has 39 heavy (non-hydrogen) atoms. The van der Waals surface area contributed by atoms with E-state index in [0.29, 0.717) is 13.2 Å². The molecule has 0 spiro atoms. The van der Waals surface area contributed by atoms with Crippen LogP contribution in [0, 0.1) is 25.7 Å². The highest BCUT2D eigenvalue weighted by atomic mass is 16.5. The number of carbonyl (C=O) groups is 2. The highest BCUT2D eigenvalue weighted by Crippen LogP contribution is 2.36. The van der Waals surface area contributed by atoms with E-state index >= 15 is 0 Å². The van der Waals surface area contributed by atoms with E-state index in [2.05, 4.69) is 112 Å². The minimum Gasteiger partial charge on any atom is -0.462 e. The van der Waals surface area contributed by atoms with Crippen molar-refractivity contribution in [2.45, 2.75) is 40.5 Å². The number of carbonyl (C=O) groups excluding carboxylic acids is 2. The van der Waals surface area contributed by atoms with Gasteiger partial charge in [0.1, 0.15) is 0 Å². The fraction of sp³-hybridized carbons (Fsp3) is 0.294. The first-order chi connectivity index (χ1) is 18.7. The van der Waals surface area contributed by atoms with Crippen LogP contribution in [0.1, 0.15) is 36.1 Å². The molecule has 0 saturated carbocycles. The molecule has 0 aliphatic rings. The van der Waals surface area contributed by atoms with Crippen LogP contribution in [0.3, 0.4) is 0 Å². The summed E-state index contributed by atoms with van der Waals surface area (Å²) < 4.78 is 10.4. The monoisotopic (exact) mass is 525 g/mol. The summed E-state index contributed by atoms with van der Waals surface area (Å²) in [6.07, 6.45) is 4.00. The lowest BCUT2D eigenvalue weighted by molar-refractivity contribution is -0.139. The molecule has 0 bridgehead atoms. The molecule has 3 aromatic rings. The molecule has 204 valence electrons. The van der Waals surface area contributed by atoms with Crippen LogP contribution in [0.15, 0.2) is 92.0 Å². The number of aryl methyl sites for hydroxylation is 2. The third-order valence-corrected chi connectivity index (χ3v) is 6.66. The summed E-state index contributed by atoms with van der Waals surface area (Å²) >= 11 is 0. The zero-order valence-corrected chi connectivity index (χ0v) is 23.5. The van der Waals surface area contributed by atoms with E-state index in [0.717, 1.165) is 29.9 Å². The summed E-state index contributed by atoms with van der Waals surface area (Å²) in [6.45, 7) is 16.0. The molecule has 3 aromatic carbocycles. The topological polar surface area (TPSA) is 55.8 Å². The van der Waals surface area contributed by atoms with Crippen LogP contribution in [-0.4, -0.2) is 25.2 Å². The van der Waals surface area contributed by atoms with Crippen LogP contribution in [0.2, 0.25) is 0 Å². The predicted octanol–water partition coefficient (Wildman–Crippen LogP) is 7.59. The first-order valence-corrected chi connectivity index (χ1v) is 13.3. The number of ether oxygens (including phenoxy) is 2. The zero-order valence-electron chi connectivity index (χ0n) is 23.5. The maximum Gasteiger partial charge on any atom is 0.330 e. The SMILES string of the molecule is C=CC(=O)OCC(C)Cc1ccc(N(c2ccc(CC(C)COC(=O)C=C)cc2)c2ccc(C)c(C)c2)cc1. The highest BCUT2D eigenvalue weighted by molar-refractivity contribution is 5.81. The van der Waals surface area contributed by atoms with Crippen molar-refractivity contribution < 1.29 is 19.1 Å². The third-order valence-electron chi connectivity index (χ3n) is 6.66. The van der Waals surface area contributed by atoms with Gasteiger partial charge in [0.25, 0.3) is 0 Å². The highest BCUT2D eigenvalue weighted by Gasteiger charge is 2.15. The smallest absolute Gasteiger partial charge is 0.330 e. The predicted molar refractivity (Wildman–Crippen MR) is 159 cm³/mol. The van der Waals surface area contributed by atoms with Crippen LogP contribution < -0.4 is 4.90 Å². The van der Waals surface area contributed by atoms with Crippen molar-refractivity contribution in [1.29, 1.82) is 0 Å². The Morgan fingerprint density at radius 3 is 1.49 bits per heavy atom. The van der Waals surface area contributed by atoms with Crippen molar-refractivity contribution >= 4 is 29.0 Å². The molecule has 0 fully saturated rings. The summed E-state index contributed by atoms with van der Waals surface area (Å²) in [6, 6.07) is 23.6. The second-order valence-corrected chi connectivity index (χ2v) is 10.2. The number of rotatable bonds is 13. The Bertz CT molecular complexity index is 1200. The number of hydrogen-bond donors (Lipinski definition) is 0. The Hall–Kier alpha value is -4.12. The van der Waals surface area contributed by atoms with E-state index in [9.17, 15) is 9.59 Å². The van der Waals surface area contributed by atoms with Crippen LogP contribution >= 0.6 is 0 Å². The molecule has 2 unspecified atom stereocenters. The van der Waals surface area contributed by atoms with E-state index < -0.39 is 11.9 Å². The molecule has 0 heterocycles. The van der Waals surface area contributed by atoms with E-state index in [1.807, 2.05) is 0 Å². The van der Waals surface area contributed by atoms with Gasteiger partial charge in [0.05, 0.1) is 13.2 Å². The van der Waals surface area contributed by atoms with E-state index in [1.165, 1.54) is 34.4 Å². The largest absolute Gasteiger partial charge is 0.462 e. The van der Waals surface area contributed by atoms with Gasteiger partial charge in [0.15, 0.2) is 0 Å². The molecule has 0 aromatic heterocycles. The molecular formula is C34H39NO4. The van der Waals surface area contributed by atoms with Crippen LogP contribution in [0.25, 0.3) is 0 Å². The summed E-state index contributed by atoms with van der Waals surface area (Å²) in [5.74, 6) is -0.382. The lowest BCUT2D eigenvalue weighted by atomic mass is 10.0. The van der Waals surface area contributed by atoms with Gasteiger partial charge in [-0.2, -0.15) is 0 Å². The van der Waals surface area contributed by atoms with Crippen molar-refractivity contribution in [1.82, 2.24) is 0 Å².